The van der Waals surface area contributed by atoms with Gasteiger partial charge in [0.25, 0.3) is 0 Å². The minimum absolute atomic E-state index is 0.387. The van der Waals surface area contributed by atoms with Crippen LogP contribution in [0.2, 0.25) is 0 Å². The monoisotopic (exact) mass is 178 g/mol. The Kier molecular flexibility index (Phi) is 1.69. The van der Waals surface area contributed by atoms with Gasteiger partial charge in [0.05, 0.1) is 11.9 Å². The largest absolute Gasteiger partial charge is 0.397 e. The third-order valence-electron chi connectivity index (χ3n) is 1.94. The lowest BCUT2D eigenvalue weighted by Crippen LogP contribution is -2.21. The number of aromatic nitrogens is 2. The molecule has 4 nitrogen and oxygen atoms in total. The van der Waals surface area contributed by atoms with Crippen LogP contribution in [-0.4, -0.2) is 15.7 Å². The summed E-state index contributed by atoms with van der Waals surface area (Å²) in [7, 11) is 0. The maximum Gasteiger partial charge on any atom is 0.138 e. The SMILES string of the molecule is CC(C)Nn1cc(N)c2cc[nH]c21. The predicted molar refractivity (Wildman–Crippen MR) is 55.2 cm³/mol. The number of hydrogen-bond donors (Lipinski definition) is 3. The second-order valence-electron chi connectivity index (χ2n) is 3.48. The molecule has 0 amide bonds. The van der Waals surface area contributed by atoms with Gasteiger partial charge in [0.1, 0.15) is 5.65 Å². The molecule has 0 saturated heterocycles. The molecule has 0 saturated carbocycles. The van der Waals surface area contributed by atoms with E-state index >= 15 is 0 Å². The highest BCUT2D eigenvalue weighted by Gasteiger charge is 2.06. The van der Waals surface area contributed by atoms with Gasteiger partial charge in [-0.2, -0.15) is 0 Å². The number of H-pyrrole nitrogens is 1. The summed E-state index contributed by atoms with van der Waals surface area (Å²) < 4.78 is 1.93. The van der Waals surface area contributed by atoms with Gasteiger partial charge in [-0.25, -0.2) is 4.68 Å². The van der Waals surface area contributed by atoms with Gasteiger partial charge >= 0.3 is 0 Å². The third kappa shape index (κ3) is 1.24. The van der Waals surface area contributed by atoms with Crippen molar-refractivity contribution in [2.45, 2.75) is 19.9 Å². The van der Waals surface area contributed by atoms with E-state index < -0.39 is 0 Å². The zero-order valence-corrected chi connectivity index (χ0v) is 7.83. The molecule has 0 fully saturated rings. The lowest BCUT2D eigenvalue weighted by molar-refractivity contribution is 0.751. The lowest BCUT2D eigenvalue weighted by atomic mass is 10.4. The summed E-state index contributed by atoms with van der Waals surface area (Å²) in [4.78, 5) is 3.13. The van der Waals surface area contributed by atoms with Crippen LogP contribution in [0.1, 0.15) is 13.8 Å². The number of nitrogen functional groups attached to an aromatic ring is 1. The molecule has 4 heteroatoms. The summed E-state index contributed by atoms with van der Waals surface area (Å²) in [6.07, 6.45) is 3.78. The van der Waals surface area contributed by atoms with Crippen molar-refractivity contribution in [2.24, 2.45) is 0 Å². The van der Waals surface area contributed by atoms with Crippen molar-refractivity contribution in [3.63, 3.8) is 0 Å². The Balaban J connectivity index is 2.49. The summed E-state index contributed by atoms with van der Waals surface area (Å²) in [6.45, 7) is 4.18. The molecule has 0 aromatic carbocycles. The fourth-order valence-corrected chi connectivity index (χ4v) is 1.45. The summed E-state index contributed by atoms with van der Waals surface area (Å²) in [5.74, 6) is 0. The summed E-state index contributed by atoms with van der Waals surface area (Å²) in [5.41, 5.74) is 10.9. The molecule has 0 aliphatic rings. The van der Waals surface area contributed by atoms with Crippen LogP contribution in [0, 0.1) is 0 Å². The second kappa shape index (κ2) is 2.73. The Bertz CT molecular complexity index is 410. The van der Waals surface area contributed by atoms with E-state index in [1.54, 1.807) is 0 Å². The average molecular weight is 178 g/mol. The fraction of sp³-hybridized carbons (Fsp3) is 0.333. The molecule has 2 aromatic heterocycles. The maximum atomic E-state index is 5.82. The number of nitrogens with two attached hydrogens (primary N) is 1. The molecule has 0 aliphatic carbocycles. The van der Waals surface area contributed by atoms with Crippen LogP contribution in [0.3, 0.4) is 0 Å². The van der Waals surface area contributed by atoms with E-state index in [9.17, 15) is 0 Å². The normalized spacial score (nSPS) is 11.3. The van der Waals surface area contributed by atoms with Crippen molar-refractivity contribution in [3.05, 3.63) is 18.5 Å². The average Bonchev–Trinajstić information content (AvgIpc) is 2.56. The summed E-state index contributed by atoms with van der Waals surface area (Å²) in [5, 5.41) is 1.06. The van der Waals surface area contributed by atoms with E-state index in [4.69, 9.17) is 5.73 Å². The van der Waals surface area contributed by atoms with Crippen LogP contribution in [0.4, 0.5) is 5.69 Å². The molecule has 2 aromatic rings. The number of nitrogens with one attached hydrogen (secondary N) is 2. The third-order valence-corrected chi connectivity index (χ3v) is 1.94. The molecule has 0 atom stereocenters. The van der Waals surface area contributed by atoms with E-state index in [0.29, 0.717) is 6.04 Å². The highest BCUT2D eigenvalue weighted by Crippen LogP contribution is 2.20. The van der Waals surface area contributed by atoms with E-state index in [1.807, 2.05) is 23.1 Å². The number of hydrogen-bond acceptors (Lipinski definition) is 2. The molecule has 2 rings (SSSR count). The first-order valence-electron chi connectivity index (χ1n) is 4.39. The highest BCUT2D eigenvalue weighted by atomic mass is 15.4. The Morgan fingerprint density at radius 2 is 2.31 bits per heavy atom. The molecule has 0 aliphatic heterocycles. The fourth-order valence-electron chi connectivity index (χ4n) is 1.45. The van der Waals surface area contributed by atoms with E-state index in [-0.39, 0.29) is 0 Å². The Morgan fingerprint density at radius 3 is 3.00 bits per heavy atom. The summed E-state index contributed by atoms with van der Waals surface area (Å²) >= 11 is 0. The van der Waals surface area contributed by atoms with E-state index in [1.165, 1.54) is 0 Å². The number of anilines is 1. The van der Waals surface area contributed by atoms with Crippen molar-refractivity contribution >= 4 is 16.7 Å². The molecule has 0 radical (unpaired) electrons. The van der Waals surface area contributed by atoms with Gasteiger partial charge in [0.15, 0.2) is 0 Å². The standard InChI is InChI=1S/C9H14N4/c1-6(2)12-13-5-8(10)7-3-4-11-9(7)13/h3-6,11-12H,10H2,1-2H3. The van der Waals surface area contributed by atoms with Crippen LogP contribution < -0.4 is 11.2 Å². The van der Waals surface area contributed by atoms with Crippen molar-refractivity contribution in [2.75, 3.05) is 11.2 Å². The zero-order chi connectivity index (χ0) is 9.42. The smallest absolute Gasteiger partial charge is 0.138 e. The molecular weight excluding hydrogens is 164 g/mol. The predicted octanol–water partition coefficient (Wildman–Crippen LogP) is 1.50. The number of aromatic amines is 1. The van der Waals surface area contributed by atoms with Crippen molar-refractivity contribution in [1.82, 2.24) is 9.66 Å². The molecule has 70 valence electrons. The lowest BCUT2D eigenvalue weighted by Gasteiger charge is -2.10. The van der Waals surface area contributed by atoms with Gasteiger partial charge in [0.2, 0.25) is 0 Å². The zero-order valence-electron chi connectivity index (χ0n) is 7.83. The second-order valence-corrected chi connectivity index (χ2v) is 3.48. The minimum atomic E-state index is 0.387. The van der Waals surface area contributed by atoms with Gasteiger partial charge in [-0.15, -0.1) is 0 Å². The molecule has 2 heterocycles. The first-order valence-corrected chi connectivity index (χ1v) is 4.39. The van der Waals surface area contributed by atoms with E-state index in [0.717, 1.165) is 16.7 Å². The molecule has 4 N–H and O–H groups in total. The Hall–Kier alpha value is -1.58. The number of fused-ring (bicyclic) bond motifs is 1. The molecule has 0 spiro atoms. The van der Waals surface area contributed by atoms with Crippen molar-refractivity contribution < 1.29 is 0 Å². The van der Waals surface area contributed by atoms with Crippen LogP contribution in [0.5, 0.6) is 0 Å². The van der Waals surface area contributed by atoms with Crippen molar-refractivity contribution in [1.29, 1.82) is 0 Å². The summed E-state index contributed by atoms with van der Waals surface area (Å²) in [6, 6.07) is 2.36. The van der Waals surface area contributed by atoms with Crippen LogP contribution >= 0.6 is 0 Å². The quantitative estimate of drug-likeness (QED) is 0.652. The minimum Gasteiger partial charge on any atom is -0.397 e. The van der Waals surface area contributed by atoms with E-state index in [2.05, 4.69) is 24.3 Å². The van der Waals surface area contributed by atoms with Crippen molar-refractivity contribution in [3.8, 4) is 0 Å². The highest BCUT2D eigenvalue weighted by molar-refractivity contribution is 5.89. The first kappa shape index (κ1) is 8.04. The first-order chi connectivity index (χ1) is 6.18. The molecular formula is C9H14N4. The van der Waals surface area contributed by atoms with Crippen LogP contribution in [0.25, 0.3) is 11.0 Å². The molecule has 13 heavy (non-hydrogen) atoms. The maximum absolute atomic E-state index is 5.82. The van der Waals surface area contributed by atoms with Gasteiger partial charge in [-0.3, -0.25) is 0 Å². The van der Waals surface area contributed by atoms with Crippen LogP contribution in [-0.2, 0) is 0 Å². The topological polar surface area (TPSA) is 58.8 Å². The van der Waals surface area contributed by atoms with Gasteiger partial charge < -0.3 is 16.1 Å². The molecule has 0 unspecified atom stereocenters. The van der Waals surface area contributed by atoms with Gasteiger partial charge in [-0.05, 0) is 19.9 Å². The molecule has 0 bridgehead atoms. The Morgan fingerprint density at radius 1 is 1.54 bits per heavy atom. The van der Waals surface area contributed by atoms with Gasteiger partial charge in [-0.1, -0.05) is 0 Å². The van der Waals surface area contributed by atoms with Gasteiger partial charge in [0, 0.05) is 17.6 Å². The number of nitrogens with zero attached hydrogens (tertiary/aromatic N) is 1. The van der Waals surface area contributed by atoms with Crippen LogP contribution in [0.15, 0.2) is 18.5 Å². The Labute approximate surface area is 76.7 Å². The number of rotatable bonds is 2.